The molecule has 2 aliphatic carbocycles. The quantitative estimate of drug-likeness (QED) is 0.823. The van der Waals surface area contributed by atoms with Crippen molar-refractivity contribution < 1.29 is 4.74 Å². The zero-order valence-corrected chi connectivity index (χ0v) is 12.4. The molecule has 4 nitrogen and oxygen atoms in total. The van der Waals surface area contributed by atoms with Crippen LogP contribution in [0.2, 0.25) is 0 Å². The third-order valence-corrected chi connectivity index (χ3v) is 4.16. The van der Waals surface area contributed by atoms with Crippen molar-refractivity contribution >= 4 is 5.82 Å². The van der Waals surface area contributed by atoms with E-state index in [0.29, 0.717) is 5.92 Å². The first-order chi connectivity index (χ1) is 9.85. The number of hydrogen-bond acceptors (Lipinski definition) is 4. The van der Waals surface area contributed by atoms with Crippen molar-refractivity contribution in [3.8, 4) is 5.88 Å². The smallest absolute Gasteiger partial charge is 0.218 e. The van der Waals surface area contributed by atoms with Gasteiger partial charge in [0.2, 0.25) is 5.88 Å². The molecule has 0 radical (unpaired) electrons. The summed E-state index contributed by atoms with van der Waals surface area (Å²) in [6, 6.07) is 1.95. The molecule has 0 spiro atoms. The highest BCUT2D eigenvalue weighted by molar-refractivity contribution is 5.39. The van der Waals surface area contributed by atoms with Crippen LogP contribution in [0.5, 0.6) is 5.88 Å². The highest BCUT2D eigenvalue weighted by atomic mass is 16.5. The number of rotatable bonds is 7. The zero-order valence-electron chi connectivity index (χ0n) is 12.4. The van der Waals surface area contributed by atoms with Gasteiger partial charge >= 0.3 is 0 Å². The number of aromatic nitrogens is 2. The lowest BCUT2D eigenvalue weighted by molar-refractivity contribution is 0.242. The Morgan fingerprint density at radius 3 is 2.70 bits per heavy atom. The first kappa shape index (κ1) is 13.7. The molecule has 0 aromatic carbocycles. The minimum Gasteiger partial charge on any atom is -0.477 e. The second-order valence-corrected chi connectivity index (χ2v) is 6.11. The molecule has 1 N–H and O–H groups in total. The summed E-state index contributed by atoms with van der Waals surface area (Å²) in [7, 11) is 0. The molecule has 0 aliphatic heterocycles. The average Bonchev–Trinajstić information content (AvgIpc) is 3.20. The van der Waals surface area contributed by atoms with Crippen LogP contribution in [0.3, 0.4) is 0 Å². The number of ether oxygens (including phenoxy) is 1. The Labute approximate surface area is 121 Å². The van der Waals surface area contributed by atoms with Crippen LogP contribution in [0.15, 0.2) is 6.07 Å². The number of hydrogen-bond donors (Lipinski definition) is 1. The van der Waals surface area contributed by atoms with Crippen LogP contribution in [0.25, 0.3) is 0 Å². The topological polar surface area (TPSA) is 47.0 Å². The van der Waals surface area contributed by atoms with Crippen LogP contribution < -0.4 is 10.1 Å². The van der Waals surface area contributed by atoms with Crippen LogP contribution >= 0.6 is 0 Å². The number of anilines is 1. The van der Waals surface area contributed by atoms with Crippen molar-refractivity contribution in [2.45, 2.75) is 57.8 Å². The van der Waals surface area contributed by atoms with Gasteiger partial charge in [0.1, 0.15) is 11.6 Å². The first-order valence-electron chi connectivity index (χ1n) is 8.11. The Balaban J connectivity index is 1.65. The molecule has 0 saturated heterocycles. The SMILES string of the molecule is CCCNc1cc(OCC2CCCC2)nc(C2CC2)n1. The van der Waals surface area contributed by atoms with Gasteiger partial charge in [0.05, 0.1) is 6.61 Å². The lowest BCUT2D eigenvalue weighted by Crippen LogP contribution is -2.11. The second kappa shape index (κ2) is 6.42. The second-order valence-electron chi connectivity index (χ2n) is 6.11. The van der Waals surface area contributed by atoms with E-state index in [0.717, 1.165) is 43.0 Å². The van der Waals surface area contributed by atoms with E-state index in [-0.39, 0.29) is 0 Å². The van der Waals surface area contributed by atoms with Crippen LogP contribution in [-0.2, 0) is 0 Å². The average molecular weight is 275 g/mol. The van der Waals surface area contributed by atoms with E-state index < -0.39 is 0 Å². The first-order valence-corrected chi connectivity index (χ1v) is 8.11. The normalized spacial score (nSPS) is 19.2. The van der Waals surface area contributed by atoms with E-state index in [1.807, 2.05) is 6.07 Å². The van der Waals surface area contributed by atoms with Crippen molar-refractivity contribution in [1.82, 2.24) is 9.97 Å². The van der Waals surface area contributed by atoms with Gasteiger partial charge in [-0.05, 0) is 38.0 Å². The Bertz CT molecular complexity index is 439. The molecule has 4 heteroatoms. The molecule has 0 amide bonds. The zero-order chi connectivity index (χ0) is 13.8. The summed E-state index contributed by atoms with van der Waals surface area (Å²) in [4.78, 5) is 9.20. The maximum Gasteiger partial charge on any atom is 0.218 e. The summed E-state index contributed by atoms with van der Waals surface area (Å²) >= 11 is 0. The molecule has 110 valence electrons. The van der Waals surface area contributed by atoms with Crippen LogP contribution in [0.1, 0.15) is 63.6 Å². The Hall–Kier alpha value is -1.32. The summed E-state index contributed by atoms with van der Waals surface area (Å²) < 4.78 is 5.94. The van der Waals surface area contributed by atoms with Gasteiger partial charge in [-0.3, -0.25) is 0 Å². The summed E-state index contributed by atoms with van der Waals surface area (Å²) in [5.74, 6) is 3.93. The van der Waals surface area contributed by atoms with Crippen molar-refractivity contribution in [1.29, 1.82) is 0 Å². The van der Waals surface area contributed by atoms with Gasteiger partial charge in [-0.1, -0.05) is 19.8 Å². The van der Waals surface area contributed by atoms with E-state index in [1.165, 1.54) is 38.5 Å². The van der Waals surface area contributed by atoms with E-state index >= 15 is 0 Å². The summed E-state index contributed by atoms with van der Waals surface area (Å²) in [5, 5.41) is 3.35. The summed E-state index contributed by atoms with van der Waals surface area (Å²) in [5.41, 5.74) is 0. The van der Waals surface area contributed by atoms with E-state index in [2.05, 4.69) is 22.2 Å². The van der Waals surface area contributed by atoms with E-state index in [1.54, 1.807) is 0 Å². The Morgan fingerprint density at radius 1 is 1.20 bits per heavy atom. The lowest BCUT2D eigenvalue weighted by atomic mass is 10.1. The van der Waals surface area contributed by atoms with Crippen molar-refractivity contribution in [3.05, 3.63) is 11.9 Å². The minimum absolute atomic E-state index is 0.562. The standard InChI is InChI=1S/C16H25N3O/c1-2-9-17-14-10-15(19-16(18-14)13-7-8-13)20-11-12-5-3-4-6-12/h10,12-13H,2-9,11H2,1H3,(H,17,18,19). The highest BCUT2D eigenvalue weighted by Crippen LogP contribution is 2.39. The number of nitrogens with one attached hydrogen (secondary N) is 1. The molecule has 0 atom stereocenters. The Morgan fingerprint density at radius 2 is 2.00 bits per heavy atom. The monoisotopic (exact) mass is 275 g/mol. The molecule has 1 aromatic heterocycles. The predicted octanol–water partition coefficient (Wildman–Crippen LogP) is 3.74. The molecule has 0 bridgehead atoms. The fourth-order valence-electron chi connectivity index (χ4n) is 2.76. The van der Waals surface area contributed by atoms with Crippen LogP contribution in [0, 0.1) is 5.92 Å². The molecule has 2 aliphatic rings. The predicted molar refractivity (Wildman–Crippen MR) is 80.2 cm³/mol. The largest absolute Gasteiger partial charge is 0.477 e. The van der Waals surface area contributed by atoms with Gasteiger partial charge < -0.3 is 10.1 Å². The maximum atomic E-state index is 5.94. The maximum absolute atomic E-state index is 5.94. The van der Waals surface area contributed by atoms with Crippen LogP contribution in [-0.4, -0.2) is 23.1 Å². The molecule has 2 saturated carbocycles. The van der Waals surface area contributed by atoms with Crippen LogP contribution in [0.4, 0.5) is 5.82 Å². The Kier molecular flexibility index (Phi) is 4.38. The fourth-order valence-corrected chi connectivity index (χ4v) is 2.76. The third-order valence-electron chi connectivity index (χ3n) is 4.16. The van der Waals surface area contributed by atoms with Crippen molar-refractivity contribution in [2.24, 2.45) is 5.92 Å². The van der Waals surface area contributed by atoms with Gasteiger partial charge in [-0.15, -0.1) is 0 Å². The molecular weight excluding hydrogens is 250 g/mol. The molecule has 20 heavy (non-hydrogen) atoms. The van der Waals surface area contributed by atoms with Gasteiger partial charge in [-0.2, -0.15) is 4.98 Å². The summed E-state index contributed by atoms with van der Waals surface area (Å²) in [6.45, 7) is 3.92. The van der Waals surface area contributed by atoms with E-state index in [9.17, 15) is 0 Å². The number of nitrogens with zero attached hydrogens (tertiary/aromatic N) is 2. The van der Waals surface area contributed by atoms with Crippen molar-refractivity contribution in [3.63, 3.8) is 0 Å². The molecule has 2 fully saturated rings. The molecule has 0 unspecified atom stereocenters. The van der Waals surface area contributed by atoms with Gasteiger partial charge in [0.15, 0.2) is 0 Å². The third kappa shape index (κ3) is 3.62. The van der Waals surface area contributed by atoms with Gasteiger partial charge in [0, 0.05) is 18.5 Å². The van der Waals surface area contributed by atoms with E-state index in [4.69, 9.17) is 4.74 Å². The minimum atomic E-state index is 0.562. The summed E-state index contributed by atoms with van der Waals surface area (Å²) in [6.07, 6.45) is 8.87. The van der Waals surface area contributed by atoms with Gasteiger partial charge in [-0.25, -0.2) is 4.98 Å². The lowest BCUT2D eigenvalue weighted by Gasteiger charge is -2.13. The molecule has 3 rings (SSSR count). The fraction of sp³-hybridized carbons (Fsp3) is 0.750. The van der Waals surface area contributed by atoms with Crippen molar-refractivity contribution in [2.75, 3.05) is 18.5 Å². The molecular formula is C16H25N3O. The van der Waals surface area contributed by atoms with Gasteiger partial charge in [0.25, 0.3) is 0 Å². The highest BCUT2D eigenvalue weighted by Gasteiger charge is 2.27. The molecule has 1 heterocycles. The molecule has 1 aromatic rings.